The summed E-state index contributed by atoms with van der Waals surface area (Å²) >= 11 is 0. The molecule has 3 atom stereocenters. The quantitative estimate of drug-likeness (QED) is 0.735. The molecule has 3 aliphatic rings. The number of hydrogen-bond acceptors (Lipinski definition) is 4. The molecule has 0 aromatic carbocycles. The summed E-state index contributed by atoms with van der Waals surface area (Å²) in [6.45, 7) is 3.03. The van der Waals surface area contributed by atoms with E-state index in [1.54, 1.807) is 7.11 Å². The van der Waals surface area contributed by atoms with Gasteiger partial charge in [0.2, 0.25) is 0 Å². The average molecular weight is 232 g/mol. The molecule has 1 saturated heterocycles. The number of ether oxygens (including phenoxy) is 2. The Kier molecular flexibility index (Phi) is 1.67. The van der Waals surface area contributed by atoms with Crippen LogP contribution in [-0.4, -0.2) is 36.4 Å². The Hall–Kier alpha value is -1.29. The molecule has 0 amide bonds. The lowest BCUT2D eigenvalue weighted by atomic mass is 10.1. The van der Waals surface area contributed by atoms with Gasteiger partial charge in [-0.15, -0.1) is 0 Å². The minimum atomic E-state index is 0.189. The second kappa shape index (κ2) is 2.93. The molecule has 2 unspecified atom stereocenters. The summed E-state index contributed by atoms with van der Waals surface area (Å²) in [6, 6.07) is 2.01. The van der Waals surface area contributed by atoms with Crippen molar-refractivity contribution in [2.75, 3.05) is 18.6 Å². The van der Waals surface area contributed by atoms with Gasteiger partial charge in [0.05, 0.1) is 11.6 Å². The van der Waals surface area contributed by atoms with E-state index in [1.165, 1.54) is 5.56 Å². The molecule has 3 heterocycles. The second-order valence-corrected chi connectivity index (χ2v) is 5.37. The van der Waals surface area contributed by atoms with Gasteiger partial charge in [-0.3, -0.25) is 0 Å². The predicted octanol–water partition coefficient (Wildman–Crippen LogP) is 1.52. The van der Waals surface area contributed by atoms with Crippen molar-refractivity contribution in [2.45, 2.75) is 37.5 Å². The second-order valence-electron chi connectivity index (χ2n) is 5.37. The Bertz CT molecular complexity index is 490. The summed E-state index contributed by atoms with van der Waals surface area (Å²) in [4.78, 5) is 6.92. The summed E-state index contributed by atoms with van der Waals surface area (Å²) in [5.41, 5.74) is 1.37. The lowest BCUT2D eigenvalue weighted by Crippen LogP contribution is -2.40. The number of nitrogens with zero attached hydrogens (tertiary/aromatic N) is 2. The first kappa shape index (κ1) is 9.71. The molecular weight excluding hydrogens is 216 g/mol. The van der Waals surface area contributed by atoms with Gasteiger partial charge in [0, 0.05) is 32.7 Å². The van der Waals surface area contributed by atoms with Crippen molar-refractivity contribution < 1.29 is 9.47 Å². The lowest BCUT2D eigenvalue weighted by Gasteiger charge is -2.32. The third-order valence-electron chi connectivity index (χ3n) is 4.41. The third kappa shape index (κ3) is 1.09. The summed E-state index contributed by atoms with van der Waals surface area (Å²) in [5, 5.41) is 0. The summed E-state index contributed by atoms with van der Waals surface area (Å²) < 4.78 is 11.6. The van der Waals surface area contributed by atoms with E-state index in [9.17, 15) is 0 Å². The van der Waals surface area contributed by atoms with E-state index in [-0.39, 0.29) is 5.54 Å². The Morgan fingerprint density at radius 2 is 2.41 bits per heavy atom. The van der Waals surface area contributed by atoms with Crippen molar-refractivity contribution in [1.29, 1.82) is 0 Å². The molecular formula is C13H16N2O2. The third-order valence-corrected chi connectivity index (χ3v) is 4.41. The van der Waals surface area contributed by atoms with Crippen molar-refractivity contribution in [3.8, 4) is 5.75 Å². The van der Waals surface area contributed by atoms with E-state index in [2.05, 4.69) is 16.8 Å². The number of hydrogen-bond donors (Lipinski definition) is 0. The van der Waals surface area contributed by atoms with Crippen molar-refractivity contribution in [3.63, 3.8) is 0 Å². The lowest BCUT2D eigenvalue weighted by molar-refractivity contribution is 0.115. The largest absolute Gasteiger partial charge is 0.484 e. The van der Waals surface area contributed by atoms with Crippen LogP contribution in [0.1, 0.15) is 18.4 Å². The predicted molar refractivity (Wildman–Crippen MR) is 63.5 cm³/mol. The van der Waals surface area contributed by atoms with E-state index in [4.69, 9.17) is 9.47 Å². The molecule has 2 fully saturated rings. The SMILES string of the molecule is CO[C@@H]1CN2c3nccc(C)c3OC3CC32C1. The van der Waals surface area contributed by atoms with Gasteiger partial charge in [0.25, 0.3) is 0 Å². The van der Waals surface area contributed by atoms with E-state index in [1.807, 2.05) is 12.3 Å². The maximum Gasteiger partial charge on any atom is 0.172 e. The highest BCUT2D eigenvalue weighted by Crippen LogP contribution is 2.58. The van der Waals surface area contributed by atoms with Crippen LogP contribution in [0.4, 0.5) is 5.82 Å². The van der Waals surface area contributed by atoms with Crippen LogP contribution in [0.15, 0.2) is 12.3 Å². The number of aryl methyl sites for hydroxylation is 1. The molecule has 1 aromatic heterocycles. The van der Waals surface area contributed by atoms with Gasteiger partial charge >= 0.3 is 0 Å². The van der Waals surface area contributed by atoms with Crippen LogP contribution >= 0.6 is 0 Å². The summed E-state index contributed by atoms with van der Waals surface area (Å²) in [7, 11) is 1.79. The maximum absolute atomic E-state index is 6.07. The number of rotatable bonds is 1. The molecule has 17 heavy (non-hydrogen) atoms. The molecule has 1 saturated carbocycles. The van der Waals surface area contributed by atoms with E-state index >= 15 is 0 Å². The van der Waals surface area contributed by atoms with Gasteiger partial charge in [-0.05, 0) is 18.6 Å². The maximum atomic E-state index is 6.07. The van der Waals surface area contributed by atoms with Gasteiger partial charge in [0.15, 0.2) is 11.6 Å². The minimum Gasteiger partial charge on any atom is -0.484 e. The molecule has 1 spiro atoms. The molecule has 1 aromatic rings. The fraction of sp³-hybridized carbons (Fsp3) is 0.615. The Balaban J connectivity index is 1.82. The van der Waals surface area contributed by atoms with Crippen LogP contribution in [0.2, 0.25) is 0 Å². The monoisotopic (exact) mass is 232 g/mol. The first-order valence-electron chi connectivity index (χ1n) is 6.17. The van der Waals surface area contributed by atoms with Gasteiger partial charge in [-0.1, -0.05) is 0 Å². The number of aromatic nitrogens is 1. The van der Waals surface area contributed by atoms with Gasteiger partial charge in [-0.2, -0.15) is 0 Å². The molecule has 4 rings (SSSR count). The van der Waals surface area contributed by atoms with Crippen molar-refractivity contribution in [2.24, 2.45) is 0 Å². The van der Waals surface area contributed by atoms with Crippen molar-refractivity contribution in [3.05, 3.63) is 17.8 Å². The Morgan fingerprint density at radius 3 is 3.24 bits per heavy atom. The van der Waals surface area contributed by atoms with Gasteiger partial charge in [-0.25, -0.2) is 4.98 Å². The van der Waals surface area contributed by atoms with Crippen LogP contribution in [-0.2, 0) is 4.74 Å². The summed E-state index contributed by atoms with van der Waals surface area (Å²) in [5.74, 6) is 1.99. The van der Waals surface area contributed by atoms with Crippen LogP contribution in [0, 0.1) is 6.92 Å². The topological polar surface area (TPSA) is 34.6 Å². The molecule has 4 heteroatoms. The first-order chi connectivity index (χ1) is 8.24. The standard InChI is InChI=1S/C13H16N2O2/c1-8-3-4-14-12-11(8)17-10-6-13(10)5-9(16-2)7-15(12)13/h3-4,9-10H,5-7H2,1-2H3/t9-,10?,13?/m0/s1. The van der Waals surface area contributed by atoms with Crippen LogP contribution in [0.25, 0.3) is 0 Å². The van der Waals surface area contributed by atoms with E-state index in [0.29, 0.717) is 12.2 Å². The summed E-state index contributed by atoms with van der Waals surface area (Å²) in [6.07, 6.45) is 4.72. The molecule has 0 N–H and O–H groups in total. The van der Waals surface area contributed by atoms with Crippen LogP contribution in [0.5, 0.6) is 5.75 Å². The molecule has 1 aliphatic carbocycles. The molecule has 0 bridgehead atoms. The normalized spacial score (nSPS) is 36.9. The smallest absolute Gasteiger partial charge is 0.172 e. The van der Waals surface area contributed by atoms with Crippen LogP contribution < -0.4 is 9.64 Å². The fourth-order valence-corrected chi connectivity index (χ4v) is 3.33. The van der Waals surface area contributed by atoms with Gasteiger partial charge in [0.1, 0.15) is 6.10 Å². The average Bonchev–Trinajstić information content (AvgIpc) is 2.88. The Morgan fingerprint density at radius 1 is 1.53 bits per heavy atom. The minimum absolute atomic E-state index is 0.189. The van der Waals surface area contributed by atoms with Crippen molar-refractivity contribution in [1.82, 2.24) is 4.98 Å². The zero-order valence-electron chi connectivity index (χ0n) is 10.1. The zero-order chi connectivity index (χ0) is 11.6. The molecule has 4 nitrogen and oxygen atoms in total. The molecule has 0 radical (unpaired) electrons. The fourth-order valence-electron chi connectivity index (χ4n) is 3.33. The first-order valence-corrected chi connectivity index (χ1v) is 6.17. The van der Waals surface area contributed by atoms with Gasteiger partial charge < -0.3 is 14.4 Å². The number of anilines is 1. The molecule has 2 aliphatic heterocycles. The number of pyridine rings is 1. The number of fused-ring (bicyclic) bond motifs is 2. The highest BCUT2D eigenvalue weighted by molar-refractivity contribution is 5.64. The van der Waals surface area contributed by atoms with E-state index < -0.39 is 0 Å². The zero-order valence-corrected chi connectivity index (χ0v) is 10.1. The number of methoxy groups -OCH3 is 1. The highest BCUT2D eigenvalue weighted by Gasteiger charge is 2.67. The molecule has 90 valence electrons. The Labute approximate surface area is 101 Å². The van der Waals surface area contributed by atoms with E-state index in [0.717, 1.165) is 31.0 Å². The van der Waals surface area contributed by atoms with Crippen LogP contribution in [0.3, 0.4) is 0 Å². The van der Waals surface area contributed by atoms with Crippen molar-refractivity contribution >= 4 is 5.82 Å². The highest BCUT2D eigenvalue weighted by atomic mass is 16.5.